The second-order valence-corrected chi connectivity index (χ2v) is 3.14. The molecule has 0 bridgehead atoms. The van der Waals surface area contributed by atoms with Gasteiger partial charge in [0.15, 0.2) is 0 Å². The summed E-state index contributed by atoms with van der Waals surface area (Å²) in [4.78, 5) is 0. The molecule has 0 fully saturated rings. The number of nitrogens with zero attached hydrogens (tertiary/aromatic N) is 1. The van der Waals surface area contributed by atoms with Gasteiger partial charge < -0.3 is 4.74 Å². The summed E-state index contributed by atoms with van der Waals surface area (Å²) < 4.78 is 5.25. The molecule has 0 N–H and O–H groups in total. The Bertz CT molecular complexity index is 426. The Hall–Kier alpha value is -1.64. The molecule has 0 heterocycles. The van der Waals surface area contributed by atoms with E-state index in [0.717, 1.165) is 5.56 Å². The van der Waals surface area contributed by atoms with Crippen molar-refractivity contribution in [3.63, 3.8) is 0 Å². The van der Waals surface area contributed by atoms with Gasteiger partial charge in [0.05, 0.1) is 5.56 Å². The van der Waals surface area contributed by atoms with Gasteiger partial charge in [-0.15, -0.1) is 6.42 Å². The van der Waals surface area contributed by atoms with Crippen LogP contribution in [-0.4, -0.2) is 6.61 Å². The maximum Gasteiger partial charge on any atom is 0.148 e. The van der Waals surface area contributed by atoms with Crippen molar-refractivity contribution in [2.75, 3.05) is 6.61 Å². The van der Waals surface area contributed by atoms with Gasteiger partial charge in [-0.25, -0.2) is 0 Å². The second-order valence-electron chi connectivity index (χ2n) is 2.70. The maximum atomic E-state index is 8.83. The van der Waals surface area contributed by atoms with Gasteiger partial charge in [0.25, 0.3) is 0 Å². The minimum Gasteiger partial charge on any atom is -0.479 e. The lowest BCUT2D eigenvalue weighted by Gasteiger charge is -2.08. The second kappa shape index (κ2) is 4.56. The SMILES string of the molecule is C#CCOc1c(C)cc(Cl)cc1C#N. The van der Waals surface area contributed by atoms with E-state index in [1.54, 1.807) is 12.1 Å². The standard InChI is InChI=1S/C11H8ClNO/c1-3-4-14-11-8(2)5-10(12)6-9(11)7-13/h1,5-6H,4H2,2H3. The highest BCUT2D eigenvalue weighted by Crippen LogP contribution is 2.26. The van der Waals surface area contributed by atoms with E-state index in [1.807, 2.05) is 13.0 Å². The first-order valence-electron chi connectivity index (χ1n) is 3.95. The van der Waals surface area contributed by atoms with Gasteiger partial charge in [-0.3, -0.25) is 0 Å². The average Bonchev–Trinajstić information content (AvgIpc) is 2.15. The molecule has 70 valence electrons. The van der Waals surface area contributed by atoms with Gasteiger partial charge in [0, 0.05) is 5.02 Å². The first-order valence-corrected chi connectivity index (χ1v) is 4.33. The number of benzene rings is 1. The summed E-state index contributed by atoms with van der Waals surface area (Å²) in [6, 6.07) is 5.29. The molecule has 0 atom stereocenters. The normalized spacial score (nSPS) is 8.86. The molecular weight excluding hydrogens is 198 g/mol. The lowest BCUT2D eigenvalue weighted by atomic mass is 10.1. The van der Waals surface area contributed by atoms with Crippen LogP contribution in [0.4, 0.5) is 0 Å². The van der Waals surface area contributed by atoms with Crippen molar-refractivity contribution in [3.8, 4) is 24.2 Å². The van der Waals surface area contributed by atoms with E-state index in [-0.39, 0.29) is 6.61 Å². The van der Waals surface area contributed by atoms with E-state index in [4.69, 9.17) is 28.0 Å². The van der Waals surface area contributed by atoms with Gasteiger partial charge in [-0.2, -0.15) is 5.26 Å². The van der Waals surface area contributed by atoms with Crippen LogP contribution >= 0.6 is 11.6 Å². The molecule has 0 aromatic heterocycles. The highest BCUT2D eigenvalue weighted by atomic mass is 35.5. The molecule has 0 amide bonds. The van der Waals surface area contributed by atoms with Gasteiger partial charge in [0.1, 0.15) is 18.4 Å². The molecule has 0 spiro atoms. The van der Waals surface area contributed by atoms with E-state index in [9.17, 15) is 0 Å². The molecule has 0 unspecified atom stereocenters. The summed E-state index contributed by atoms with van der Waals surface area (Å²) in [5.74, 6) is 2.85. The van der Waals surface area contributed by atoms with Crippen molar-refractivity contribution in [1.29, 1.82) is 5.26 Å². The summed E-state index contributed by atoms with van der Waals surface area (Å²) in [5, 5.41) is 9.35. The Morgan fingerprint density at radius 1 is 1.57 bits per heavy atom. The molecule has 0 radical (unpaired) electrons. The average molecular weight is 206 g/mol. The molecule has 3 heteroatoms. The zero-order valence-electron chi connectivity index (χ0n) is 7.67. The largest absolute Gasteiger partial charge is 0.479 e. The number of aryl methyl sites for hydroxylation is 1. The monoisotopic (exact) mass is 205 g/mol. The summed E-state index contributed by atoms with van der Waals surface area (Å²) in [6.07, 6.45) is 5.06. The molecule has 1 aromatic carbocycles. The highest BCUT2D eigenvalue weighted by molar-refractivity contribution is 6.30. The number of ether oxygens (including phenoxy) is 1. The molecule has 2 nitrogen and oxygen atoms in total. The fourth-order valence-corrected chi connectivity index (χ4v) is 1.39. The minimum absolute atomic E-state index is 0.150. The first kappa shape index (κ1) is 10.4. The molecule has 0 aliphatic rings. The van der Waals surface area contributed by atoms with Crippen LogP contribution in [-0.2, 0) is 0 Å². The number of terminal acetylenes is 1. The van der Waals surface area contributed by atoms with Gasteiger partial charge in [-0.05, 0) is 24.6 Å². The Balaban J connectivity index is 3.15. The van der Waals surface area contributed by atoms with Crippen LogP contribution in [0.3, 0.4) is 0 Å². The van der Waals surface area contributed by atoms with Crippen LogP contribution in [0.2, 0.25) is 5.02 Å². The van der Waals surface area contributed by atoms with Gasteiger partial charge >= 0.3 is 0 Å². The third kappa shape index (κ3) is 2.19. The van der Waals surface area contributed by atoms with Crippen LogP contribution in [0.15, 0.2) is 12.1 Å². The Kier molecular flexibility index (Phi) is 3.40. The van der Waals surface area contributed by atoms with Crippen LogP contribution < -0.4 is 4.74 Å². The van der Waals surface area contributed by atoms with E-state index in [2.05, 4.69) is 5.92 Å². The fourth-order valence-electron chi connectivity index (χ4n) is 1.12. The van der Waals surface area contributed by atoms with Crippen molar-refractivity contribution >= 4 is 11.6 Å². The van der Waals surface area contributed by atoms with E-state index < -0.39 is 0 Å². The molecule has 0 aliphatic carbocycles. The summed E-state index contributed by atoms with van der Waals surface area (Å²) in [7, 11) is 0. The molecule has 14 heavy (non-hydrogen) atoms. The Morgan fingerprint density at radius 2 is 2.29 bits per heavy atom. The molecule has 1 rings (SSSR count). The molecule has 1 aromatic rings. The van der Waals surface area contributed by atoms with Crippen molar-refractivity contribution < 1.29 is 4.74 Å². The lowest BCUT2D eigenvalue weighted by Crippen LogP contribution is -1.98. The predicted molar refractivity (Wildman–Crippen MR) is 55.2 cm³/mol. The maximum absolute atomic E-state index is 8.83. The molecule has 0 saturated carbocycles. The summed E-state index contributed by atoms with van der Waals surface area (Å²) in [6.45, 7) is 1.97. The fraction of sp³-hybridized carbons (Fsp3) is 0.182. The third-order valence-corrected chi connectivity index (χ3v) is 1.88. The van der Waals surface area contributed by atoms with Crippen LogP contribution in [0.5, 0.6) is 5.75 Å². The van der Waals surface area contributed by atoms with Crippen LogP contribution in [0.1, 0.15) is 11.1 Å². The molecule has 0 saturated heterocycles. The number of halogens is 1. The number of hydrogen-bond acceptors (Lipinski definition) is 2. The van der Waals surface area contributed by atoms with E-state index in [1.165, 1.54) is 0 Å². The summed E-state index contributed by atoms with van der Waals surface area (Å²) >= 11 is 5.79. The van der Waals surface area contributed by atoms with Crippen LogP contribution in [0.25, 0.3) is 0 Å². The zero-order chi connectivity index (χ0) is 10.6. The number of hydrogen-bond donors (Lipinski definition) is 0. The molecular formula is C11H8ClNO. The van der Waals surface area contributed by atoms with Gasteiger partial charge in [0.2, 0.25) is 0 Å². The summed E-state index contributed by atoms with van der Waals surface area (Å²) in [5.41, 5.74) is 1.22. The highest BCUT2D eigenvalue weighted by Gasteiger charge is 2.07. The van der Waals surface area contributed by atoms with Crippen molar-refractivity contribution in [2.45, 2.75) is 6.92 Å². The minimum atomic E-state index is 0.150. The van der Waals surface area contributed by atoms with Crippen LogP contribution in [0, 0.1) is 30.6 Å². The lowest BCUT2D eigenvalue weighted by molar-refractivity contribution is 0.366. The van der Waals surface area contributed by atoms with E-state index in [0.29, 0.717) is 16.3 Å². The van der Waals surface area contributed by atoms with Gasteiger partial charge in [-0.1, -0.05) is 17.5 Å². The first-order chi connectivity index (χ1) is 6.69. The quantitative estimate of drug-likeness (QED) is 0.696. The smallest absolute Gasteiger partial charge is 0.148 e. The Labute approximate surface area is 88.1 Å². The number of rotatable bonds is 2. The Morgan fingerprint density at radius 3 is 2.86 bits per heavy atom. The molecule has 0 aliphatic heterocycles. The van der Waals surface area contributed by atoms with E-state index >= 15 is 0 Å². The van der Waals surface area contributed by atoms with Crippen molar-refractivity contribution in [2.24, 2.45) is 0 Å². The zero-order valence-corrected chi connectivity index (χ0v) is 8.43. The predicted octanol–water partition coefficient (Wildman–Crippen LogP) is 2.53. The number of nitriles is 1. The third-order valence-electron chi connectivity index (χ3n) is 1.66. The van der Waals surface area contributed by atoms with Crippen molar-refractivity contribution in [3.05, 3.63) is 28.3 Å². The topological polar surface area (TPSA) is 33.0 Å². The van der Waals surface area contributed by atoms with Crippen molar-refractivity contribution in [1.82, 2.24) is 0 Å².